The fourth-order valence-corrected chi connectivity index (χ4v) is 2.74. The predicted molar refractivity (Wildman–Crippen MR) is 60.6 cm³/mol. The van der Waals surface area contributed by atoms with Crippen molar-refractivity contribution in [2.24, 2.45) is 0 Å². The second kappa shape index (κ2) is 4.71. The van der Waals surface area contributed by atoms with Gasteiger partial charge in [-0.1, -0.05) is 12.1 Å². The Morgan fingerprint density at radius 3 is 2.93 bits per heavy atom. The maximum atomic E-state index is 5.88. The summed E-state index contributed by atoms with van der Waals surface area (Å²) in [6.45, 7) is 1.78. The summed E-state index contributed by atoms with van der Waals surface area (Å²) in [5.41, 5.74) is 6.75. The standard InChI is InChI=1S/C11H15NOS/c12-10-5-1-2-6-11(10)14-9-4-3-7-13-8-9/h1-2,5-6,9H,3-4,7-8,12H2. The molecule has 1 atom stereocenters. The molecule has 0 amide bonds. The minimum Gasteiger partial charge on any atom is -0.398 e. The Morgan fingerprint density at radius 1 is 1.36 bits per heavy atom. The van der Waals surface area contributed by atoms with Crippen LogP contribution < -0.4 is 5.73 Å². The fraction of sp³-hybridized carbons (Fsp3) is 0.455. The van der Waals surface area contributed by atoms with Crippen molar-refractivity contribution in [3.05, 3.63) is 24.3 Å². The van der Waals surface area contributed by atoms with Gasteiger partial charge in [-0.2, -0.15) is 0 Å². The molecule has 1 aromatic carbocycles. The molecule has 2 rings (SSSR count). The van der Waals surface area contributed by atoms with E-state index < -0.39 is 0 Å². The predicted octanol–water partition coefficient (Wildman–Crippen LogP) is 2.54. The number of thioether (sulfide) groups is 1. The van der Waals surface area contributed by atoms with Crippen LogP contribution in [0.3, 0.4) is 0 Å². The highest BCUT2D eigenvalue weighted by molar-refractivity contribution is 8.00. The molecule has 1 heterocycles. The van der Waals surface area contributed by atoms with Crippen molar-refractivity contribution in [1.82, 2.24) is 0 Å². The van der Waals surface area contributed by atoms with E-state index in [-0.39, 0.29) is 0 Å². The Labute approximate surface area is 88.8 Å². The van der Waals surface area contributed by atoms with Crippen LogP contribution in [0.15, 0.2) is 29.2 Å². The van der Waals surface area contributed by atoms with Crippen molar-refractivity contribution in [3.63, 3.8) is 0 Å². The average Bonchev–Trinajstić information content (AvgIpc) is 2.23. The molecule has 0 aromatic heterocycles. The quantitative estimate of drug-likeness (QED) is 0.760. The van der Waals surface area contributed by atoms with E-state index in [1.165, 1.54) is 17.7 Å². The monoisotopic (exact) mass is 209 g/mol. The Hall–Kier alpha value is -0.670. The molecule has 1 unspecified atom stereocenters. The molecule has 14 heavy (non-hydrogen) atoms. The molecule has 0 bridgehead atoms. The van der Waals surface area contributed by atoms with Gasteiger partial charge in [-0.3, -0.25) is 0 Å². The number of rotatable bonds is 2. The van der Waals surface area contributed by atoms with Crippen LogP contribution in [-0.4, -0.2) is 18.5 Å². The van der Waals surface area contributed by atoms with Crippen molar-refractivity contribution in [3.8, 4) is 0 Å². The van der Waals surface area contributed by atoms with Crippen LogP contribution >= 0.6 is 11.8 Å². The van der Waals surface area contributed by atoms with Gasteiger partial charge >= 0.3 is 0 Å². The van der Waals surface area contributed by atoms with E-state index in [0.717, 1.165) is 18.9 Å². The maximum Gasteiger partial charge on any atom is 0.0588 e. The highest BCUT2D eigenvalue weighted by Gasteiger charge is 2.15. The Balaban J connectivity index is 1.99. The Kier molecular flexibility index (Phi) is 3.32. The number of ether oxygens (including phenoxy) is 1. The second-order valence-electron chi connectivity index (χ2n) is 3.49. The van der Waals surface area contributed by atoms with E-state index in [9.17, 15) is 0 Å². The molecule has 0 saturated carbocycles. The molecule has 1 aromatic rings. The van der Waals surface area contributed by atoms with E-state index in [0.29, 0.717) is 5.25 Å². The summed E-state index contributed by atoms with van der Waals surface area (Å²) in [5.74, 6) is 0. The Morgan fingerprint density at radius 2 is 2.21 bits per heavy atom. The summed E-state index contributed by atoms with van der Waals surface area (Å²) < 4.78 is 5.43. The van der Waals surface area contributed by atoms with Crippen molar-refractivity contribution in [2.45, 2.75) is 23.0 Å². The second-order valence-corrected chi connectivity index (χ2v) is 4.84. The lowest BCUT2D eigenvalue weighted by atomic mass is 10.2. The van der Waals surface area contributed by atoms with Gasteiger partial charge in [0.2, 0.25) is 0 Å². The number of hydrogen-bond acceptors (Lipinski definition) is 3. The SMILES string of the molecule is Nc1ccccc1SC1CCCOC1. The number of benzene rings is 1. The number of para-hydroxylation sites is 1. The van der Waals surface area contributed by atoms with Crippen molar-refractivity contribution >= 4 is 17.4 Å². The third-order valence-electron chi connectivity index (χ3n) is 2.33. The highest BCUT2D eigenvalue weighted by atomic mass is 32.2. The molecular formula is C11H15NOS. The van der Waals surface area contributed by atoms with Gasteiger partial charge in [0.1, 0.15) is 0 Å². The minimum atomic E-state index is 0.577. The molecule has 1 aliphatic heterocycles. The Bertz CT molecular complexity index is 297. The lowest BCUT2D eigenvalue weighted by molar-refractivity contribution is 0.101. The molecule has 1 saturated heterocycles. The topological polar surface area (TPSA) is 35.2 Å². The van der Waals surface area contributed by atoms with Gasteiger partial charge < -0.3 is 10.5 Å². The molecule has 3 heteroatoms. The van der Waals surface area contributed by atoms with Gasteiger partial charge in [0.05, 0.1) is 6.61 Å². The summed E-state index contributed by atoms with van der Waals surface area (Å²) in [7, 11) is 0. The van der Waals surface area contributed by atoms with E-state index in [1.807, 2.05) is 30.0 Å². The molecule has 2 N–H and O–H groups in total. The molecule has 0 spiro atoms. The maximum absolute atomic E-state index is 5.88. The fourth-order valence-electron chi connectivity index (χ4n) is 1.57. The van der Waals surface area contributed by atoms with Crippen LogP contribution in [-0.2, 0) is 4.74 Å². The van der Waals surface area contributed by atoms with Gasteiger partial charge in [0.25, 0.3) is 0 Å². The molecule has 1 aliphatic rings. The first-order valence-electron chi connectivity index (χ1n) is 4.95. The summed E-state index contributed by atoms with van der Waals surface area (Å²) >= 11 is 1.84. The minimum absolute atomic E-state index is 0.577. The largest absolute Gasteiger partial charge is 0.398 e. The summed E-state index contributed by atoms with van der Waals surface area (Å²) in [5, 5.41) is 0.577. The lowest BCUT2D eigenvalue weighted by Crippen LogP contribution is -2.19. The lowest BCUT2D eigenvalue weighted by Gasteiger charge is -2.21. The van der Waals surface area contributed by atoms with Gasteiger partial charge in [-0.25, -0.2) is 0 Å². The van der Waals surface area contributed by atoms with Gasteiger partial charge in [0.15, 0.2) is 0 Å². The smallest absolute Gasteiger partial charge is 0.0588 e. The van der Waals surface area contributed by atoms with Crippen molar-refractivity contribution < 1.29 is 4.74 Å². The molecule has 0 radical (unpaired) electrons. The third-order valence-corrected chi connectivity index (χ3v) is 3.66. The van der Waals surface area contributed by atoms with E-state index >= 15 is 0 Å². The van der Waals surface area contributed by atoms with Crippen LogP contribution in [0.25, 0.3) is 0 Å². The zero-order valence-corrected chi connectivity index (χ0v) is 8.93. The van der Waals surface area contributed by atoms with Crippen molar-refractivity contribution in [2.75, 3.05) is 18.9 Å². The van der Waals surface area contributed by atoms with Crippen LogP contribution in [0, 0.1) is 0 Å². The van der Waals surface area contributed by atoms with Crippen molar-refractivity contribution in [1.29, 1.82) is 0 Å². The zero-order valence-electron chi connectivity index (χ0n) is 8.11. The first kappa shape index (κ1) is 9.87. The summed E-state index contributed by atoms with van der Waals surface area (Å²) in [4.78, 5) is 1.18. The van der Waals surface area contributed by atoms with Crippen LogP contribution in [0.5, 0.6) is 0 Å². The number of hydrogen-bond donors (Lipinski definition) is 1. The molecule has 0 aliphatic carbocycles. The average molecular weight is 209 g/mol. The van der Waals surface area contributed by atoms with Gasteiger partial charge in [-0.05, 0) is 25.0 Å². The van der Waals surface area contributed by atoms with Gasteiger partial charge in [0, 0.05) is 22.4 Å². The van der Waals surface area contributed by atoms with E-state index in [2.05, 4.69) is 6.07 Å². The number of nitrogen functional groups attached to an aromatic ring is 1. The first-order chi connectivity index (χ1) is 6.86. The van der Waals surface area contributed by atoms with Gasteiger partial charge in [-0.15, -0.1) is 11.8 Å². The van der Waals surface area contributed by atoms with Crippen LogP contribution in [0.4, 0.5) is 5.69 Å². The molecular weight excluding hydrogens is 194 g/mol. The number of nitrogens with two attached hydrogens (primary N) is 1. The normalized spacial score (nSPS) is 22.1. The molecule has 76 valence electrons. The first-order valence-corrected chi connectivity index (χ1v) is 5.83. The van der Waals surface area contributed by atoms with Crippen LogP contribution in [0.2, 0.25) is 0 Å². The molecule has 2 nitrogen and oxygen atoms in total. The van der Waals surface area contributed by atoms with E-state index in [4.69, 9.17) is 10.5 Å². The summed E-state index contributed by atoms with van der Waals surface area (Å²) in [6, 6.07) is 8.03. The zero-order chi connectivity index (χ0) is 9.80. The third kappa shape index (κ3) is 2.42. The van der Waals surface area contributed by atoms with E-state index in [1.54, 1.807) is 0 Å². The molecule has 1 fully saturated rings. The summed E-state index contributed by atoms with van der Waals surface area (Å²) in [6.07, 6.45) is 2.41. The highest BCUT2D eigenvalue weighted by Crippen LogP contribution is 2.32. The number of anilines is 1. The van der Waals surface area contributed by atoms with Crippen LogP contribution in [0.1, 0.15) is 12.8 Å².